The molecular weight excluding hydrogens is 500 g/mol. The van der Waals surface area contributed by atoms with E-state index in [-0.39, 0.29) is 49.7 Å². The van der Waals surface area contributed by atoms with Crippen molar-refractivity contribution in [1.82, 2.24) is 14.9 Å². The van der Waals surface area contributed by atoms with E-state index < -0.39 is 58.7 Å². The highest BCUT2D eigenvalue weighted by Gasteiger charge is 2.61. The lowest BCUT2D eigenvalue weighted by molar-refractivity contribution is -0.291. The summed E-state index contributed by atoms with van der Waals surface area (Å²) in [5, 5.41) is 0. The van der Waals surface area contributed by atoms with Crippen molar-refractivity contribution >= 4 is 5.91 Å². The molecule has 2 heterocycles. The van der Waals surface area contributed by atoms with Gasteiger partial charge in [-0.2, -0.15) is 22.0 Å². The van der Waals surface area contributed by atoms with Gasteiger partial charge in [0.15, 0.2) is 11.6 Å². The van der Waals surface area contributed by atoms with Gasteiger partial charge in [0, 0.05) is 37.3 Å². The molecule has 13 heteroatoms. The molecule has 5 nitrogen and oxygen atoms in total. The fraction of sp³-hybridized carbons (Fsp3) is 0.522. The Morgan fingerprint density at radius 1 is 1.06 bits per heavy atom. The van der Waals surface area contributed by atoms with Crippen LogP contribution in [0.15, 0.2) is 18.3 Å². The van der Waals surface area contributed by atoms with E-state index >= 15 is 0 Å². The summed E-state index contributed by atoms with van der Waals surface area (Å²) in [6.45, 7) is 2.96. The number of nitrogens with zero attached hydrogens (tertiary/aromatic N) is 3. The Morgan fingerprint density at radius 2 is 1.64 bits per heavy atom. The van der Waals surface area contributed by atoms with Crippen LogP contribution in [0.4, 0.5) is 35.1 Å². The summed E-state index contributed by atoms with van der Waals surface area (Å²) < 4.78 is 108. The van der Waals surface area contributed by atoms with E-state index in [0.29, 0.717) is 18.3 Å². The number of likely N-dealkylation sites (tertiary alicyclic amines) is 1. The van der Waals surface area contributed by atoms with Gasteiger partial charge in [-0.3, -0.25) is 4.79 Å². The van der Waals surface area contributed by atoms with E-state index in [1.807, 2.05) is 0 Å². The third-order valence-electron chi connectivity index (χ3n) is 6.18. The number of hydrogen-bond acceptors (Lipinski definition) is 4. The molecule has 1 aliphatic rings. The minimum absolute atomic E-state index is 0.0274. The zero-order valence-electron chi connectivity index (χ0n) is 19.4. The van der Waals surface area contributed by atoms with Gasteiger partial charge in [-0.25, -0.2) is 23.1 Å². The van der Waals surface area contributed by atoms with E-state index in [0.717, 1.165) is 4.90 Å². The first-order valence-electron chi connectivity index (χ1n) is 11.1. The quantitative estimate of drug-likeness (QED) is 0.422. The van der Waals surface area contributed by atoms with Gasteiger partial charge in [-0.05, 0) is 36.8 Å². The molecule has 1 amide bonds. The van der Waals surface area contributed by atoms with Crippen LogP contribution in [-0.2, 0) is 12.3 Å². The van der Waals surface area contributed by atoms with Crippen molar-refractivity contribution in [3.63, 3.8) is 0 Å². The number of carbonyl (C=O) groups is 1. The fourth-order valence-corrected chi connectivity index (χ4v) is 4.05. The van der Waals surface area contributed by atoms with Crippen LogP contribution >= 0.6 is 0 Å². The molecule has 1 saturated heterocycles. The number of amides is 1. The third kappa shape index (κ3) is 5.60. The third-order valence-corrected chi connectivity index (χ3v) is 6.18. The second kappa shape index (κ2) is 10.3. The maximum Gasteiger partial charge on any atom is 0.459 e. The van der Waals surface area contributed by atoms with Gasteiger partial charge in [0.05, 0.1) is 5.56 Å². The molecule has 1 aliphatic heterocycles. The van der Waals surface area contributed by atoms with Gasteiger partial charge in [0.1, 0.15) is 17.3 Å². The van der Waals surface area contributed by atoms with E-state index in [2.05, 4.69) is 9.97 Å². The summed E-state index contributed by atoms with van der Waals surface area (Å²) in [5.41, 5.74) is 3.34. The van der Waals surface area contributed by atoms with Crippen molar-refractivity contribution < 1.29 is 39.9 Å². The Labute approximate surface area is 201 Å². The number of rotatable bonds is 6. The molecule has 0 aliphatic carbocycles. The molecule has 2 N–H and O–H groups in total. The van der Waals surface area contributed by atoms with Crippen LogP contribution in [0.2, 0.25) is 0 Å². The minimum atomic E-state index is -5.97. The average molecular weight is 524 g/mol. The Bertz CT molecular complexity index is 1110. The maximum atomic E-state index is 14.3. The predicted molar refractivity (Wildman–Crippen MR) is 113 cm³/mol. The minimum Gasteiger partial charge on any atom is -0.339 e. The van der Waals surface area contributed by atoms with Crippen molar-refractivity contribution in [1.29, 1.82) is 0 Å². The first-order valence-corrected chi connectivity index (χ1v) is 11.1. The zero-order valence-corrected chi connectivity index (χ0v) is 19.4. The van der Waals surface area contributed by atoms with Gasteiger partial charge in [-0.1, -0.05) is 13.8 Å². The standard InChI is InChI=1S/C23H24F8N4O/c1-11(2)20-33-10-14(19(34-20)22(27,28)23(29,30)31)21(36)35-5-3-12(4-6-35)18(32)8-13-7-16(25)17(26)9-15(13)24/h7,9-12,18H,3-6,8,32H2,1-2H3/t18-/m1/s1. The van der Waals surface area contributed by atoms with Gasteiger partial charge in [0.25, 0.3) is 5.91 Å². The van der Waals surface area contributed by atoms with E-state index in [9.17, 15) is 39.9 Å². The number of halogens is 8. The van der Waals surface area contributed by atoms with Gasteiger partial charge in [0.2, 0.25) is 0 Å². The number of hydrogen-bond donors (Lipinski definition) is 1. The Morgan fingerprint density at radius 3 is 2.19 bits per heavy atom. The highest BCUT2D eigenvalue weighted by atomic mass is 19.4. The van der Waals surface area contributed by atoms with E-state index in [4.69, 9.17) is 5.73 Å². The number of benzene rings is 1. The molecule has 0 unspecified atom stereocenters. The number of nitrogens with two attached hydrogens (primary N) is 1. The van der Waals surface area contributed by atoms with Crippen LogP contribution in [0.5, 0.6) is 0 Å². The highest BCUT2D eigenvalue weighted by Crippen LogP contribution is 2.44. The smallest absolute Gasteiger partial charge is 0.339 e. The van der Waals surface area contributed by atoms with E-state index in [1.165, 1.54) is 13.8 Å². The second-order valence-corrected chi connectivity index (χ2v) is 9.07. The molecule has 0 radical (unpaired) electrons. The molecule has 3 rings (SSSR count). The molecule has 1 atom stereocenters. The molecule has 0 saturated carbocycles. The van der Waals surface area contributed by atoms with Crippen molar-refractivity contribution in [2.45, 2.75) is 57.2 Å². The van der Waals surface area contributed by atoms with E-state index in [1.54, 1.807) is 0 Å². The van der Waals surface area contributed by atoms with Crippen LogP contribution in [0.1, 0.15) is 60.0 Å². The number of piperidine rings is 1. The van der Waals surface area contributed by atoms with Crippen LogP contribution in [0.25, 0.3) is 0 Å². The summed E-state index contributed by atoms with van der Waals surface area (Å²) in [6, 6.07) is 0.437. The average Bonchev–Trinajstić information content (AvgIpc) is 2.81. The fourth-order valence-electron chi connectivity index (χ4n) is 4.05. The highest BCUT2D eigenvalue weighted by molar-refractivity contribution is 5.95. The zero-order chi connectivity index (χ0) is 27.0. The normalized spacial score (nSPS) is 16.5. The van der Waals surface area contributed by atoms with Crippen molar-refractivity contribution in [3.05, 3.63) is 58.4 Å². The first-order chi connectivity index (χ1) is 16.6. The SMILES string of the molecule is CC(C)c1ncc(C(=O)N2CCC([C@H](N)Cc3cc(F)c(F)cc3F)CC2)c(C(F)(F)C(F)(F)F)n1. The lowest BCUT2D eigenvalue weighted by Gasteiger charge is -2.35. The summed E-state index contributed by atoms with van der Waals surface area (Å²) >= 11 is 0. The van der Waals surface area contributed by atoms with Crippen LogP contribution in [0, 0.1) is 23.4 Å². The first kappa shape index (κ1) is 27.8. The van der Waals surface area contributed by atoms with Gasteiger partial charge < -0.3 is 10.6 Å². The lowest BCUT2D eigenvalue weighted by Crippen LogP contribution is -2.45. The summed E-state index contributed by atoms with van der Waals surface area (Å²) in [5.74, 6) is -11.1. The Hall–Kier alpha value is -2.83. The molecule has 2 aromatic rings. The molecule has 1 aromatic carbocycles. The lowest BCUT2D eigenvalue weighted by atomic mass is 9.86. The second-order valence-electron chi connectivity index (χ2n) is 9.07. The molecule has 198 valence electrons. The van der Waals surface area contributed by atoms with Crippen LogP contribution < -0.4 is 5.73 Å². The summed E-state index contributed by atoms with van der Waals surface area (Å²) in [4.78, 5) is 21.2. The monoisotopic (exact) mass is 524 g/mol. The summed E-state index contributed by atoms with van der Waals surface area (Å²) in [6.07, 6.45) is -4.95. The maximum absolute atomic E-state index is 14.3. The van der Waals surface area contributed by atoms with Crippen LogP contribution in [0.3, 0.4) is 0 Å². The molecule has 1 aromatic heterocycles. The largest absolute Gasteiger partial charge is 0.459 e. The molecule has 0 bridgehead atoms. The van der Waals surface area contributed by atoms with Crippen molar-refractivity contribution in [2.24, 2.45) is 11.7 Å². The van der Waals surface area contributed by atoms with Gasteiger partial charge >= 0.3 is 12.1 Å². The number of aromatic nitrogens is 2. The number of carbonyl (C=O) groups excluding carboxylic acids is 1. The van der Waals surface area contributed by atoms with Crippen LogP contribution in [-0.4, -0.2) is 46.1 Å². The molecule has 36 heavy (non-hydrogen) atoms. The molecule has 0 spiro atoms. The Kier molecular flexibility index (Phi) is 7.92. The topological polar surface area (TPSA) is 72.1 Å². The predicted octanol–water partition coefficient (Wildman–Crippen LogP) is 5.09. The Balaban J connectivity index is 1.76. The van der Waals surface area contributed by atoms with Gasteiger partial charge in [-0.15, -0.1) is 0 Å². The van der Waals surface area contributed by atoms with Crippen molar-refractivity contribution in [2.75, 3.05) is 13.1 Å². The summed E-state index contributed by atoms with van der Waals surface area (Å²) in [7, 11) is 0. The molecule has 1 fully saturated rings. The number of alkyl halides is 5. The van der Waals surface area contributed by atoms with Crippen molar-refractivity contribution in [3.8, 4) is 0 Å². The molecular formula is C23H24F8N4O.